The summed E-state index contributed by atoms with van der Waals surface area (Å²) in [7, 11) is 3.55. The summed E-state index contributed by atoms with van der Waals surface area (Å²) in [6, 6.07) is 17.9. The van der Waals surface area contributed by atoms with Crippen molar-refractivity contribution in [2.45, 2.75) is 16.6 Å². The molecule has 0 fully saturated rings. The maximum absolute atomic E-state index is 13.0. The highest BCUT2D eigenvalue weighted by atomic mass is 32.2. The molecule has 0 atom stereocenters. The molecule has 0 radical (unpaired) electrons. The number of para-hydroxylation sites is 3. The van der Waals surface area contributed by atoms with E-state index in [1.165, 1.54) is 23.5 Å². The van der Waals surface area contributed by atoms with Gasteiger partial charge in [0.05, 0.1) is 29.1 Å². The van der Waals surface area contributed by atoms with Crippen molar-refractivity contribution in [2.75, 3.05) is 31.4 Å². The second kappa shape index (κ2) is 8.96. The van der Waals surface area contributed by atoms with Crippen LogP contribution in [-0.4, -0.2) is 41.9 Å². The van der Waals surface area contributed by atoms with Crippen LogP contribution in [-0.2, 0) is 16.1 Å². The Morgan fingerprint density at radius 2 is 2.00 bits per heavy atom. The van der Waals surface area contributed by atoms with Gasteiger partial charge in [0.2, 0.25) is 0 Å². The summed E-state index contributed by atoms with van der Waals surface area (Å²) >= 11 is 2.81. The van der Waals surface area contributed by atoms with E-state index in [4.69, 9.17) is 4.74 Å². The molecule has 3 aromatic rings. The first-order valence-electron chi connectivity index (χ1n) is 9.39. The van der Waals surface area contributed by atoms with Gasteiger partial charge in [0.25, 0.3) is 0 Å². The largest absolute Gasteiger partial charge is 0.383 e. The molecular weight excluding hydrogens is 416 g/mol. The maximum atomic E-state index is 13.0. The van der Waals surface area contributed by atoms with Crippen LogP contribution in [0.15, 0.2) is 69.2 Å². The van der Waals surface area contributed by atoms with Gasteiger partial charge in [-0.1, -0.05) is 47.8 Å². The molecule has 0 N–H and O–H groups in total. The van der Waals surface area contributed by atoms with E-state index < -0.39 is 0 Å². The number of ether oxygens (including phenoxy) is 1. The van der Waals surface area contributed by atoms with Crippen LogP contribution in [0.3, 0.4) is 0 Å². The molecule has 1 aliphatic heterocycles. The summed E-state index contributed by atoms with van der Waals surface area (Å²) in [5.74, 6) is -0.0528. The standard InChI is InChI=1S/C22H20N4O2S2/c1-25-18-9-5-6-10-20(18)30-21(25)15(13-23)19(27)14-29-22-24-16-7-3-4-8-17(16)26(22)11-12-28-2/h3-10H,11-12,14H2,1-2H3. The Morgan fingerprint density at radius 1 is 1.23 bits per heavy atom. The van der Waals surface area contributed by atoms with Crippen LogP contribution >= 0.6 is 23.5 Å². The van der Waals surface area contributed by atoms with E-state index in [0.29, 0.717) is 18.2 Å². The maximum Gasteiger partial charge on any atom is 0.186 e. The summed E-state index contributed by atoms with van der Waals surface area (Å²) in [6.07, 6.45) is 0. The van der Waals surface area contributed by atoms with Gasteiger partial charge in [-0.25, -0.2) is 4.98 Å². The number of hydrogen-bond donors (Lipinski definition) is 0. The molecule has 2 aromatic carbocycles. The number of carbonyl (C=O) groups is 1. The third-order valence-electron chi connectivity index (χ3n) is 4.81. The van der Waals surface area contributed by atoms with Gasteiger partial charge in [0.1, 0.15) is 16.7 Å². The van der Waals surface area contributed by atoms with Crippen LogP contribution in [0.1, 0.15) is 0 Å². The number of thioether (sulfide) groups is 2. The Kier molecular flexibility index (Phi) is 6.13. The normalized spacial score (nSPS) is 14.6. The molecular formula is C22H20N4O2S2. The molecule has 2 heterocycles. The third-order valence-corrected chi connectivity index (χ3v) is 7.03. The third kappa shape index (κ3) is 3.84. The molecule has 1 aromatic heterocycles. The van der Waals surface area contributed by atoms with Crippen LogP contribution in [0.25, 0.3) is 11.0 Å². The van der Waals surface area contributed by atoms with Gasteiger partial charge in [0.15, 0.2) is 10.9 Å². The fourth-order valence-corrected chi connectivity index (χ4v) is 5.39. The number of aromatic nitrogens is 2. The van der Waals surface area contributed by atoms with Crippen molar-refractivity contribution < 1.29 is 9.53 Å². The smallest absolute Gasteiger partial charge is 0.186 e. The zero-order valence-corrected chi connectivity index (χ0v) is 18.3. The predicted molar refractivity (Wildman–Crippen MR) is 121 cm³/mol. The second-order valence-electron chi connectivity index (χ2n) is 6.66. The summed E-state index contributed by atoms with van der Waals surface area (Å²) in [5.41, 5.74) is 3.08. The molecule has 0 unspecified atom stereocenters. The Bertz CT molecular complexity index is 1180. The molecule has 0 spiro atoms. The molecule has 4 rings (SSSR count). The van der Waals surface area contributed by atoms with Crippen molar-refractivity contribution in [1.82, 2.24) is 9.55 Å². The number of methoxy groups -OCH3 is 1. The minimum atomic E-state index is -0.199. The van der Waals surface area contributed by atoms with Crippen LogP contribution in [0.4, 0.5) is 5.69 Å². The van der Waals surface area contributed by atoms with Crippen LogP contribution in [0.5, 0.6) is 0 Å². The SMILES string of the molecule is COCCn1c(SCC(=O)C(C#N)=C2Sc3ccccc3N2C)nc2ccccc21. The summed E-state index contributed by atoms with van der Waals surface area (Å²) < 4.78 is 7.28. The molecule has 0 amide bonds. The minimum absolute atomic E-state index is 0.146. The van der Waals surface area contributed by atoms with Gasteiger partial charge >= 0.3 is 0 Å². The predicted octanol–water partition coefficient (Wildman–Crippen LogP) is 4.32. The number of carbonyl (C=O) groups excluding carboxylic acids is 1. The number of hydrogen-bond acceptors (Lipinski definition) is 7. The van der Waals surface area contributed by atoms with E-state index in [2.05, 4.69) is 15.6 Å². The van der Waals surface area contributed by atoms with Crippen molar-refractivity contribution >= 4 is 46.0 Å². The lowest BCUT2D eigenvalue weighted by molar-refractivity contribution is -0.112. The summed E-state index contributed by atoms with van der Waals surface area (Å²) in [4.78, 5) is 20.6. The molecule has 0 saturated heterocycles. The number of nitriles is 1. The van der Waals surface area contributed by atoms with Gasteiger partial charge in [-0.05, 0) is 24.3 Å². The summed E-state index contributed by atoms with van der Waals surface area (Å²) in [5, 5.41) is 11.1. The fourth-order valence-electron chi connectivity index (χ4n) is 3.32. The van der Waals surface area contributed by atoms with Crippen LogP contribution in [0.2, 0.25) is 0 Å². The average molecular weight is 437 g/mol. The van der Waals surface area contributed by atoms with E-state index in [9.17, 15) is 10.1 Å². The highest BCUT2D eigenvalue weighted by molar-refractivity contribution is 8.03. The van der Waals surface area contributed by atoms with E-state index in [1.54, 1.807) is 7.11 Å². The van der Waals surface area contributed by atoms with Crippen molar-refractivity contribution in [3.63, 3.8) is 0 Å². The number of Topliss-reactive ketones (excluding diaryl/α,β-unsaturated/α-hetero) is 1. The van der Waals surface area contributed by atoms with Gasteiger partial charge in [-0.3, -0.25) is 4.79 Å². The Balaban J connectivity index is 1.57. The van der Waals surface area contributed by atoms with Gasteiger partial charge in [-0.2, -0.15) is 5.26 Å². The van der Waals surface area contributed by atoms with Gasteiger partial charge in [-0.15, -0.1) is 0 Å². The van der Waals surface area contributed by atoms with Crippen molar-refractivity contribution in [1.29, 1.82) is 5.26 Å². The highest BCUT2D eigenvalue weighted by Crippen LogP contribution is 2.46. The molecule has 0 aliphatic carbocycles. The second-order valence-corrected chi connectivity index (χ2v) is 8.63. The molecule has 6 nitrogen and oxygen atoms in total. The van der Waals surface area contributed by atoms with E-state index in [-0.39, 0.29) is 17.1 Å². The minimum Gasteiger partial charge on any atom is -0.383 e. The first kappa shape index (κ1) is 20.5. The zero-order valence-electron chi connectivity index (χ0n) is 16.7. The number of fused-ring (bicyclic) bond motifs is 2. The topological polar surface area (TPSA) is 71.2 Å². The molecule has 152 valence electrons. The van der Waals surface area contributed by atoms with E-state index in [0.717, 1.165) is 26.8 Å². The number of benzene rings is 2. The molecule has 8 heteroatoms. The lowest BCUT2D eigenvalue weighted by Crippen LogP contribution is -2.16. The molecule has 0 bridgehead atoms. The number of ketones is 1. The summed E-state index contributed by atoms with van der Waals surface area (Å²) in [6.45, 7) is 1.20. The van der Waals surface area contributed by atoms with Crippen molar-refractivity contribution in [2.24, 2.45) is 0 Å². The van der Waals surface area contributed by atoms with E-state index >= 15 is 0 Å². The lowest BCUT2D eigenvalue weighted by Gasteiger charge is -2.14. The zero-order chi connectivity index (χ0) is 21.1. The average Bonchev–Trinajstić information content (AvgIpc) is 3.29. The quantitative estimate of drug-likeness (QED) is 0.310. The highest BCUT2D eigenvalue weighted by Gasteiger charge is 2.28. The van der Waals surface area contributed by atoms with Crippen LogP contribution in [0, 0.1) is 11.3 Å². The number of anilines is 1. The Labute approximate surface area is 183 Å². The van der Waals surface area contributed by atoms with Crippen molar-refractivity contribution in [3.8, 4) is 6.07 Å². The molecule has 1 aliphatic rings. The van der Waals surface area contributed by atoms with Gasteiger partial charge < -0.3 is 14.2 Å². The number of allylic oxidation sites excluding steroid dienone is 1. The Hall–Kier alpha value is -2.73. The molecule has 0 saturated carbocycles. The number of imidazole rings is 1. The number of nitrogens with zero attached hydrogens (tertiary/aromatic N) is 4. The fraction of sp³-hybridized carbons (Fsp3) is 0.227. The first-order valence-corrected chi connectivity index (χ1v) is 11.2. The Morgan fingerprint density at radius 3 is 2.77 bits per heavy atom. The lowest BCUT2D eigenvalue weighted by atomic mass is 10.2. The van der Waals surface area contributed by atoms with Crippen LogP contribution < -0.4 is 4.90 Å². The van der Waals surface area contributed by atoms with Gasteiger partial charge in [0, 0.05) is 25.6 Å². The first-order chi connectivity index (χ1) is 14.6. The van der Waals surface area contributed by atoms with E-state index in [1.807, 2.05) is 60.5 Å². The van der Waals surface area contributed by atoms with Crippen molar-refractivity contribution in [3.05, 3.63) is 59.1 Å². The molecule has 30 heavy (non-hydrogen) atoms. The monoisotopic (exact) mass is 436 g/mol. The number of rotatable bonds is 7.